The first-order valence-corrected chi connectivity index (χ1v) is 10.1. The van der Waals surface area contributed by atoms with Crippen LogP contribution in [0.2, 0.25) is 0 Å². The molecule has 0 amide bonds. The predicted octanol–water partition coefficient (Wildman–Crippen LogP) is 1.94. The van der Waals surface area contributed by atoms with E-state index in [1.165, 1.54) is 11.1 Å². The van der Waals surface area contributed by atoms with E-state index >= 15 is 0 Å². The fraction of sp³-hybridized carbons (Fsp3) is 0.611. The van der Waals surface area contributed by atoms with Crippen LogP contribution in [0.1, 0.15) is 18.1 Å². The SMILES string of the molecule is CCNC(=NCc1ccc(CN2CCOCC2)cc1)NCCSC. The summed E-state index contributed by atoms with van der Waals surface area (Å²) in [4.78, 5) is 7.10. The zero-order valence-electron chi connectivity index (χ0n) is 14.9. The summed E-state index contributed by atoms with van der Waals surface area (Å²) in [6.07, 6.45) is 2.12. The van der Waals surface area contributed by atoms with E-state index in [2.05, 4.69) is 58.0 Å². The highest BCUT2D eigenvalue weighted by atomic mass is 32.2. The number of aliphatic imine (C=N–C) groups is 1. The standard InChI is InChI=1S/C18H30N4OS/c1-3-19-18(20-8-13-24-2)21-14-16-4-6-17(7-5-16)15-22-9-11-23-12-10-22/h4-7H,3,8-15H2,1-2H3,(H2,19,20,21). The van der Waals surface area contributed by atoms with Crippen molar-refractivity contribution in [2.24, 2.45) is 4.99 Å². The molecule has 1 aliphatic heterocycles. The Balaban J connectivity index is 1.83. The number of hydrogen-bond donors (Lipinski definition) is 2. The van der Waals surface area contributed by atoms with Gasteiger partial charge in [-0.2, -0.15) is 11.8 Å². The van der Waals surface area contributed by atoms with Crippen LogP contribution >= 0.6 is 11.8 Å². The molecule has 0 aromatic heterocycles. The molecule has 5 nitrogen and oxygen atoms in total. The van der Waals surface area contributed by atoms with Gasteiger partial charge in [0.2, 0.25) is 0 Å². The second-order valence-electron chi connectivity index (χ2n) is 5.82. The number of hydrogen-bond acceptors (Lipinski definition) is 4. The second kappa shape index (κ2) is 11.3. The molecule has 24 heavy (non-hydrogen) atoms. The number of nitrogens with zero attached hydrogens (tertiary/aromatic N) is 2. The van der Waals surface area contributed by atoms with Gasteiger partial charge in [0.1, 0.15) is 0 Å². The summed E-state index contributed by atoms with van der Waals surface area (Å²) >= 11 is 1.83. The third-order valence-corrected chi connectivity index (χ3v) is 4.51. The lowest BCUT2D eigenvalue weighted by Gasteiger charge is -2.26. The van der Waals surface area contributed by atoms with E-state index in [4.69, 9.17) is 4.74 Å². The molecule has 0 spiro atoms. The fourth-order valence-electron chi connectivity index (χ4n) is 2.55. The molecule has 0 aliphatic carbocycles. The molecule has 0 bridgehead atoms. The van der Waals surface area contributed by atoms with E-state index in [0.29, 0.717) is 6.54 Å². The average Bonchev–Trinajstić information content (AvgIpc) is 2.62. The van der Waals surface area contributed by atoms with Crippen molar-refractivity contribution in [2.75, 3.05) is 51.4 Å². The average molecular weight is 351 g/mol. The van der Waals surface area contributed by atoms with E-state index in [1.807, 2.05) is 11.8 Å². The van der Waals surface area contributed by atoms with Crippen molar-refractivity contribution in [1.82, 2.24) is 15.5 Å². The maximum Gasteiger partial charge on any atom is 0.191 e. The van der Waals surface area contributed by atoms with Crippen molar-refractivity contribution >= 4 is 17.7 Å². The molecule has 1 aromatic rings. The lowest BCUT2D eigenvalue weighted by atomic mass is 10.1. The van der Waals surface area contributed by atoms with E-state index in [1.54, 1.807) is 0 Å². The molecule has 0 unspecified atom stereocenters. The summed E-state index contributed by atoms with van der Waals surface area (Å²) in [5.74, 6) is 1.98. The highest BCUT2D eigenvalue weighted by molar-refractivity contribution is 7.98. The van der Waals surface area contributed by atoms with Crippen molar-refractivity contribution in [3.63, 3.8) is 0 Å². The highest BCUT2D eigenvalue weighted by Crippen LogP contribution is 2.10. The number of benzene rings is 1. The number of rotatable bonds is 8. The van der Waals surface area contributed by atoms with Gasteiger partial charge in [-0.3, -0.25) is 4.90 Å². The van der Waals surface area contributed by atoms with Crippen molar-refractivity contribution < 1.29 is 4.74 Å². The largest absolute Gasteiger partial charge is 0.379 e. The molecule has 134 valence electrons. The van der Waals surface area contributed by atoms with Crippen LogP contribution in [0.15, 0.2) is 29.3 Å². The number of ether oxygens (including phenoxy) is 1. The molecule has 0 radical (unpaired) electrons. The summed E-state index contributed by atoms with van der Waals surface area (Å²) in [6, 6.07) is 8.80. The molecule has 1 aromatic carbocycles. The molecule has 1 heterocycles. The maximum atomic E-state index is 5.40. The Bertz CT molecular complexity index is 486. The predicted molar refractivity (Wildman–Crippen MR) is 104 cm³/mol. The zero-order chi connectivity index (χ0) is 17.0. The van der Waals surface area contributed by atoms with E-state index < -0.39 is 0 Å². The van der Waals surface area contributed by atoms with Crippen LogP contribution in [-0.4, -0.2) is 62.3 Å². The fourth-order valence-corrected chi connectivity index (χ4v) is 2.86. The molecular weight excluding hydrogens is 320 g/mol. The second-order valence-corrected chi connectivity index (χ2v) is 6.81. The summed E-state index contributed by atoms with van der Waals surface area (Å²) < 4.78 is 5.40. The Morgan fingerprint density at radius 3 is 2.54 bits per heavy atom. The molecule has 0 saturated carbocycles. The van der Waals surface area contributed by atoms with E-state index in [9.17, 15) is 0 Å². The highest BCUT2D eigenvalue weighted by Gasteiger charge is 2.10. The number of nitrogens with one attached hydrogen (secondary N) is 2. The van der Waals surface area contributed by atoms with E-state index in [-0.39, 0.29) is 0 Å². The lowest BCUT2D eigenvalue weighted by molar-refractivity contribution is 0.0342. The van der Waals surface area contributed by atoms with Crippen LogP contribution in [0.25, 0.3) is 0 Å². The first-order chi connectivity index (χ1) is 11.8. The summed E-state index contributed by atoms with van der Waals surface area (Å²) in [5, 5.41) is 6.65. The van der Waals surface area contributed by atoms with Crippen LogP contribution < -0.4 is 10.6 Å². The lowest BCUT2D eigenvalue weighted by Crippen LogP contribution is -2.38. The number of morpholine rings is 1. The third kappa shape index (κ3) is 7.11. The van der Waals surface area contributed by atoms with Gasteiger partial charge in [0.25, 0.3) is 0 Å². The Hall–Kier alpha value is -1.24. The smallest absolute Gasteiger partial charge is 0.191 e. The van der Waals surface area contributed by atoms with Crippen molar-refractivity contribution in [3.05, 3.63) is 35.4 Å². The van der Waals surface area contributed by atoms with Gasteiger partial charge in [-0.1, -0.05) is 24.3 Å². The topological polar surface area (TPSA) is 48.9 Å². The van der Waals surface area contributed by atoms with Crippen LogP contribution in [0.4, 0.5) is 0 Å². The Morgan fingerprint density at radius 1 is 1.17 bits per heavy atom. The minimum atomic E-state index is 0.701. The van der Waals surface area contributed by atoms with Gasteiger partial charge in [0.15, 0.2) is 5.96 Å². The molecule has 1 aliphatic rings. The minimum absolute atomic E-state index is 0.701. The van der Waals surface area contributed by atoms with Gasteiger partial charge < -0.3 is 15.4 Å². The van der Waals surface area contributed by atoms with E-state index in [0.717, 1.165) is 57.6 Å². The number of guanidine groups is 1. The molecular formula is C18H30N4OS. The van der Waals surface area contributed by atoms with Crippen LogP contribution in [0.5, 0.6) is 0 Å². The Labute approximate surface area is 150 Å². The van der Waals surface area contributed by atoms with Crippen molar-refractivity contribution in [2.45, 2.75) is 20.0 Å². The van der Waals surface area contributed by atoms with Crippen LogP contribution in [0.3, 0.4) is 0 Å². The first-order valence-electron chi connectivity index (χ1n) is 8.71. The molecule has 2 N–H and O–H groups in total. The normalized spacial score (nSPS) is 16.2. The summed E-state index contributed by atoms with van der Waals surface area (Å²) in [7, 11) is 0. The zero-order valence-corrected chi connectivity index (χ0v) is 15.7. The maximum absolute atomic E-state index is 5.40. The first kappa shape index (κ1) is 19.1. The summed E-state index contributed by atoms with van der Waals surface area (Å²) in [6.45, 7) is 9.37. The minimum Gasteiger partial charge on any atom is -0.379 e. The number of thioether (sulfide) groups is 1. The van der Waals surface area contributed by atoms with Crippen LogP contribution in [0, 0.1) is 0 Å². The summed E-state index contributed by atoms with van der Waals surface area (Å²) in [5.41, 5.74) is 2.59. The quantitative estimate of drug-likeness (QED) is 0.426. The molecule has 6 heteroatoms. The van der Waals surface area contributed by atoms with Gasteiger partial charge >= 0.3 is 0 Å². The molecule has 1 fully saturated rings. The van der Waals surface area contributed by atoms with Crippen molar-refractivity contribution in [3.8, 4) is 0 Å². The van der Waals surface area contributed by atoms with Gasteiger partial charge in [0.05, 0.1) is 19.8 Å². The van der Waals surface area contributed by atoms with Gasteiger partial charge in [0, 0.05) is 38.5 Å². The van der Waals surface area contributed by atoms with Crippen LogP contribution in [-0.2, 0) is 17.8 Å². The van der Waals surface area contributed by atoms with Gasteiger partial charge in [-0.15, -0.1) is 0 Å². The Morgan fingerprint density at radius 2 is 1.88 bits per heavy atom. The monoisotopic (exact) mass is 350 g/mol. The molecule has 0 atom stereocenters. The Kier molecular flexibility index (Phi) is 9.02. The molecule has 2 rings (SSSR count). The van der Waals surface area contributed by atoms with Crippen molar-refractivity contribution in [1.29, 1.82) is 0 Å². The van der Waals surface area contributed by atoms with Gasteiger partial charge in [-0.25, -0.2) is 4.99 Å². The molecule has 1 saturated heterocycles. The third-order valence-electron chi connectivity index (χ3n) is 3.90. The van der Waals surface area contributed by atoms with Gasteiger partial charge in [-0.05, 0) is 24.3 Å².